The lowest BCUT2D eigenvalue weighted by Gasteiger charge is -2.46. The first-order valence-electron chi connectivity index (χ1n) is 8.32. The first-order chi connectivity index (χ1) is 10.6. The van der Waals surface area contributed by atoms with Crippen molar-refractivity contribution in [2.75, 3.05) is 33.4 Å². The Labute approximate surface area is 131 Å². The van der Waals surface area contributed by atoms with Crippen LogP contribution in [0.4, 0.5) is 0 Å². The number of likely N-dealkylation sites (tertiary alicyclic amines) is 2. The Morgan fingerprint density at radius 2 is 2.00 bits per heavy atom. The summed E-state index contributed by atoms with van der Waals surface area (Å²) >= 11 is 0. The van der Waals surface area contributed by atoms with Gasteiger partial charge in [-0.15, -0.1) is 0 Å². The van der Waals surface area contributed by atoms with Gasteiger partial charge in [-0.3, -0.25) is 9.59 Å². The Morgan fingerprint density at radius 3 is 2.59 bits per heavy atom. The van der Waals surface area contributed by atoms with Crippen molar-refractivity contribution in [1.82, 2.24) is 9.80 Å². The zero-order valence-corrected chi connectivity index (χ0v) is 13.3. The Hall–Kier alpha value is -1.14. The van der Waals surface area contributed by atoms with Gasteiger partial charge in [-0.05, 0) is 32.1 Å². The molecule has 2 saturated heterocycles. The van der Waals surface area contributed by atoms with Crippen LogP contribution in [-0.2, 0) is 14.3 Å². The van der Waals surface area contributed by atoms with E-state index in [1.807, 2.05) is 9.80 Å². The maximum Gasteiger partial charge on any atom is 0.225 e. The molecule has 2 heterocycles. The van der Waals surface area contributed by atoms with Gasteiger partial charge in [0.1, 0.15) is 0 Å². The van der Waals surface area contributed by atoms with Gasteiger partial charge in [0.15, 0.2) is 0 Å². The summed E-state index contributed by atoms with van der Waals surface area (Å²) in [5.74, 6) is 0.422. The van der Waals surface area contributed by atoms with Crippen molar-refractivity contribution < 1.29 is 19.4 Å². The second-order valence-electron chi connectivity index (χ2n) is 6.91. The number of nitrogens with zero attached hydrogens (tertiary/aromatic N) is 2. The first kappa shape index (κ1) is 15.7. The van der Waals surface area contributed by atoms with Crippen molar-refractivity contribution >= 4 is 11.8 Å². The monoisotopic (exact) mass is 310 g/mol. The van der Waals surface area contributed by atoms with Crippen LogP contribution in [0.2, 0.25) is 0 Å². The van der Waals surface area contributed by atoms with Gasteiger partial charge in [0.05, 0.1) is 12.7 Å². The molecule has 0 atom stereocenters. The molecule has 1 saturated carbocycles. The second kappa shape index (κ2) is 6.16. The summed E-state index contributed by atoms with van der Waals surface area (Å²) in [7, 11) is 1.65. The number of ether oxygens (including phenoxy) is 1. The number of amides is 2. The van der Waals surface area contributed by atoms with Crippen LogP contribution in [0.3, 0.4) is 0 Å². The van der Waals surface area contributed by atoms with Gasteiger partial charge in [0.2, 0.25) is 11.8 Å². The average Bonchev–Trinajstić information content (AvgIpc) is 2.78. The molecule has 0 bridgehead atoms. The number of aliphatic hydroxyl groups excluding tert-OH is 1. The van der Waals surface area contributed by atoms with Gasteiger partial charge in [-0.2, -0.15) is 0 Å². The fourth-order valence-corrected chi connectivity index (χ4v) is 4.13. The lowest BCUT2D eigenvalue weighted by Crippen LogP contribution is -2.56. The van der Waals surface area contributed by atoms with E-state index in [0.29, 0.717) is 32.4 Å². The Morgan fingerprint density at radius 1 is 1.32 bits per heavy atom. The molecular formula is C16H26N2O4. The summed E-state index contributed by atoms with van der Waals surface area (Å²) in [6.07, 6.45) is 4.18. The smallest absolute Gasteiger partial charge is 0.225 e. The lowest BCUT2D eigenvalue weighted by molar-refractivity contribution is -0.145. The maximum atomic E-state index is 12.4. The Balaban J connectivity index is 1.58. The molecule has 22 heavy (non-hydrogen) atoms. The molecule has 0 aromatic rings. The Kier molecular flexibility index (Phi) is 4.41. The average molecular weight is 310 g/mol. The summed E-state index contributed by atoms with van der Waals surface area (Å²) in [5.41, 5.74) is -0.0640. The van der Waals surface area contributed by atoms with Crippen molar-refractivity contribution in [3.8, 4) is 0 Å². The summed E-state index contributed by atoms with van der Waals surface area (Å²) in [4.78, 5) is 28.4. The normalized spacial score (nSPS) is 30.7. The molecule has 124 valence electrons. The highest BCUT2D eigenvalue weighted by Gasteiger charge is 2.48. The van der Waals surface area contributed by atoms with Gasteiger partial charge in [0.25, 0.3) is 0 Å². The van der Waals surface area contributed by atoms with Crippen LogP contribution in [0.25, 0.3) is 0 Å². The van der Waals surface area contributed by atoms with Crippen LogP contribution < -0.4 is 0 Å². The molecule has 1 aliphatic carbocycles. The fourth-order valence-electron chi connectivity index (χ4n) is 4.13. The van der Waals surface area contributed by atoms with Crippen LogP contribution in [0, 0.1) is 5.92 Å². The van der Waals surface area contributed by atoms with E-state index in [1.165, 1.54) is 0 Å². The molecule has 1 N–H and O–H groups in total. The highest BCUT2D eigenvalue weighted by Crippen LogP contribution is 2.40. The Bertz CT molecular complexity index is 439. The molecule has 3 fully saturated rings. The van der Waals surface area contributed by atoms with E-state index in [1.54, 1.807) is 7.11 Å². The minimum atomic E-state index is -0.290. The molecule has 0 aromatic heterocycles. The van der Waals surface area contributed by atoms with E-state index >= 15 is 0 Å². The third kappa shape index (κ3) is 2.74. The van der Waals surface area contributed by atoms with Gasteiger partial charge in [0, 0.05) is 44.6 Å². The second-order valence-corrected chi connectivity index (χ2v) is 6.91. The first-order valence-corrected chi connectivity index (χ1v) is 8.32. The van der Waals surface area contributed by atoms with Crippen LogP contribution in [0.1, 0.15) is 38.5 Å². The van der Waals surface area contributed by atoms with E-state index < -0.39 is 0 Å². The summed E-state index contributed by atoms with van der Waals surface area (Å²) in [5, 5.41) is 9.35. The summed E-state index contributed by atoms with van der Waals surface area (Å²) in [6, 6.07) is 0. The van der Waals surface area contributed by atoms with Crippen molar-refractivity contribution in [3.05, 3.63) is 0 Å². The molecule has 2 aliphatic heterocycles. The van der Waals surface area contributed by atoms with Gasteiger partial charge in [-0.1, -0.05) is 0 Å². The quantitative estimate of drug-likeness (QED) is 0.815. The molecule has 1 spiro atoms. The van der Waals surface area contributed by atoms with Crippen molar-refractivity contribution in [2.45, 2.75) is 50.2 Å². The minimum Gasteiger partial charge on any atom is -0.393 e. The number of hydrogen-bond acceptors (Lipinski definition) is 4. The fraction of sp³-hybridized carbons (Fsp3) is 0.875. The summed E-state index contributed by atoms with van der Waals surface area (Å²) in [6.45, 7) is 2.67. The highest BCUT2D eigenvalue weighted by molar-refractivity contribution is 5.81. The molecular weight excluding hydrogens is 284 g/mol. The molecule has 0 unspecified atom stereocenters. The van der Waals surface area contributed by atoms with E-state index in [0.717, 1.165) is 32.4 Å². The molecule has 2 amide bonds. The lowest BCUT2D eigenvalue weighted by atomic mass is 9.80. The van der Waals surface area contributed by atoms with Gasteiger partial charge >= 0.3 is 0 Å². The van der Waals surface area contributed by atoms with Crippen molar-refractivity contribution in [2.24, 2.45) is 5.92 Å². The van der Waals surface area contributed by atoms with Crippen LogP contribution in [-0.4, -0.2) is 71.7 Å². The highest BCUT2D eigenvalue weighted by atomic mass is 16.5. The number of carbonyl (C=O) groups excluding carboxylic acids is 2. The SMILES string of the molecule is COCCN1C(=O)CCC12CCN(C(=O)C1CC(O)C1)CC2. The van der Waals surface area contributed by atoms with Crippen LogP contribution in [0.5, 0.6) is 0 Å². The van der Waals surface area contributed by atoms with E-state index in [-0.39, 0.29) is 29.4 Å². The standard InChI is InChI=1S/C16H26N2O4/c1-22-9-8-18-14(20)2-3-16(18)4-6-17(7-5-16)15(21)12-10-13(19)11-12/h12-13,19H,2-11H2,1H3. The zero-order valence-electron chi connectivity index (χ0n) is 13.3. The predicted molar refractivity (Wildman–Crippen MR) is 80.1 cm³/mol. The van der Waals surface area contributed by atoms with Crippen molar-refractivity contribution in [1.29, 1.82) is 0 Å². The zero-order chi connectivity index (χ0) is 15.7. The van der Waals surface area contributed by atoms with Gasteiger partial charge in [-0.25, -0.2) is 0 Å². The predicted octanol–water partition coefficient (Wildman–Crippen LogP) is 0.387. The maximum absolute atomic E-state index is 12.4. The number of carbonyl (C=O) groups is 2. The molecule has 3 rings (SSSR count). The number of hydrogen-bond donors (Lipinski definition) is 1. The number of aliphatic hydroxyl groups is 1. The molecule has 0 aromatic carbocycles. The molecule has 6 heteroatoms. The van der Waals surface area contributed by atoms with Gasteiger partial charge < -0.3 is 19.6 Å². The third-order valence-corrected chi connectivity index (χ3v) is 5.67. The number of piperidine rings is 1. The van der Waals surface area contributed by atoms with E-state index in [9.17, 15) is 14.7 Å². The number of rotatable bonds is 4. The van der Waals surface area contributed by atoms with E-state index in [4.69, 9.17) is 4.74 Å². The molecule has 0 radical (unpaired) electrons. The minimum absolute atomic E-state index is 0.0128. The molecule has 6 nitrogen and oxygen atoms in total. The topological polar surface area (TPSA) is 70.1 Å². The van der Waals surface area contributed by atoms with Crippen molar-refractivity contribution in [3.63, 3.8) is 0 Å². The third-order valence-electron chi connectivity index (χ3n) is 5.67. The number of methoxy groups -OCH3 is 1. The van der Waals surface area contributed by atoms with Crippen LogP contribution in [0.15, 0.2) is 0 Å². The van der Waals surface area contributed by atoms with Crippen LogP contribution >= 0.6 is 0 Å². The van der Waals surface area contributed by atoms with E-state index in [2.05, 4.69) is 0 Å². The molecule has 3 aliphatic rings. The summed E-state index contributed by atoms with van der Waals surface area (Å²) < 4.78 is 5.13. The largest absolute Gasteiger partial charge is 0.393 e.